The monoisotopic (exact) mass is 213 g/mol. The molecule has 78 valence electrons. The molecule has 1 aromatic carbocycles. The van der Waals surface area contributed by atoms with Gasteiger partial charge in [0.25, 0.3) is 0 Å². The van der Waals surface area contributed by atoms with Gasteiger partial charge < -0.3 is 10.4 Å². The summed E-state index contributed by atoms with van der Waals surface area (Å²) < 4.78 is 0. The van der Waals surface area contributed by atoms with Gasteiger partial charge in [0.05, 0.1) is 0 Å². The van der Waals surface area contributed by atoms with Crippen molar-refractivity contribution in [3.8, 4) is 5.75 Å². The number of benzene rings is 1. The molecule has 0 aliphatic carbocycles. The van der Waals surface area contributed by atoms with Crippen molar-refractivity contribution in [3.05, 3.63) is 27.8 Å². The minimum atomic E-state index is 0.354. The third-order valence-corrected chi connectivity index (χ3v) is 2.76. The largest absolute Gasteiger partial charge is 0.507 e. The average Bonchev–Trinajstić information content (AvgIpc) is 2.15. The van der Waals surface area contributed by atoms with Crippen LogP contribution in [0.25, 0.3) is 0 Å². The normalized spacial score (nSPS) is 10.6. The van der Waals surface area contributed by atoms with E-state index in [0.717, 1.165) is 23.2 Å². The lowest BCUT2D eigenvalue weighted by atomic mass is 10.0. The molecule has 2 nitrogen and oxygen atoms in total. The Hall–Kier alpha value is -0.730. The molecule has 2 N–H and O–H groups in total. The smallest absolute Gasteiger partial charge is 0.123 e. The third-order valence-electron chi connectivity index (χ3n) is 2.37. The van der Waals surface area contributed by atoms with Crippen molar-refractivity contribution in [2.75, 3.05) is 6.54 Å². The van der Waals surface area contributed by atoms with Crippen molar-refractivity contribution < 1.29 is 5.11 Å². The van der Waals surface area contributed by atoms with Gasteiger partial charge in [0, 0.05) is 17.1 Å². The van der Waals surface area contributed by atoms with Crippen LogP contribution >= 0.6 is 11.6 Å². The number of aryl methyl sites for hydroxylation is 1. The van der Waals surface area contributed by atoms with Crippen LogP contribution in [0.4, 0.5) is 0 Å². The maximum atomic E-state index is 9.83. The Balaban J connectivity index is 3.11. The minimum absolute atomic E-state index is 0.354. The molecule has 0 saturated carbocycles. The zero-order valence-corrected chi connectivity index (χ0v) is 9.57. The molecule has 0 amide bonds. The summed E-state index contributed by atoms with van der Waals surface area (Å²) in [5.41, 5.74) is 2.68. The molecule has 0 spiro atoms. The summed E-state index contributed by atoms with van der Waals surface area (Å²) in [5.74, 6) is 0.354. The Morgan fingerprint density at radius 3 is 2.64 bits per heavy atom. The van der Waals surface area contributed by atoms with Crippen LogP contribution in [0.3, 0.4) is 0 Å². The summed E-state index contributed by atoms with van der Waals surface area (Å²) in [7, 11) is 0. The van der Waals surface area contributed by atoms with E-state index in [9.17, 15) is 5.11 Å². The number of phenolic OH excluding ortho intramolecular Hbond substituents is 1. The fourth-order valence-electron chi connectivity index (χ4n) is 1.39. The van der Waals surface area contributed by atoms with E-state index in [0.29, 0.717) is 17.3 Å². The van der Waals surface area contributed by atoms with Gasteiger partial charge in [-0.25, -0.2) is 0 Å². The van der Waals surface area contributed by atoms with E-state index < -0.39 is 0 Å². The van der Waals surface area contributed by atoms with Gasteiger partial charge in [-0.15, -0.1) is 0 Å². The highest BCUT2D eigenvalue weighted by molar-refractivity contribution is 6.31. The van der Waals surface area contributed by atoms with Crippen molar-refractivity contribution in [3.63, 3.8) is 0 Å². The summed E-state index contributed by atoms with van der Waals surface area (Å²) in [6, 6.07) is 1.79. The van der Waals surface area contributed by atoms with Gasteiger partial charge in [-0.2, -0.15) is 0 Å². The van der Waals surface area contributed by atoms with Crippen LogP contribution in [0.5, 0.6) is 5.75 Å². The van der Waals surface area contributed by atoms with Crippen molar-refractivity contribution in [2.24, 2.45) is 0 Å². The number of rotatable bonds is 3. The fraction of sp³-hybridized carbons (Fsp3) is 0.455. The van der Waals surface area contributed by atoms with Gasteiger partial charge >= 0.3 is 0 Å². The van der Waals surface area contributed by atoms with E-state index >= 15 is 0 Å². The Bertz CT molecular complexity index is 310. The Kier molecular flexibility index (Phi) is 3.78. The molecule has 0 fully saturated rings. The zero-order chi connectivity index (χ0) is 10.7. The number of hydrogen-bond donors (Lipinski definition) is 2. The molecule has 0 aliphatic heterocycles. The fourth-order valence-corrected chi connectivity index (χ4v) is 1.67. The highest BCUT2D eigenvalue weighted by Gasteiger charge is 2.10. The number of aromatic hydroxyl groups is 1. The molecule has 1 aromatic rings. The van der Waals surface area contributed by atoms with Crippen molar-refractivity contribution in [2.45, 2.75) is 27.3 Å². The Labute approximate surface area is 89.9 Å². The molecule has 0 radical (unpaired) electrons. The Morgan fingerprint density at radius 2 is 2.07 bits per heavy atom. The maximum absolute atomic E-state index is 9.83. The first-order valence-electron chi connectivity index (χ1n) is 4.76. The second-order valence-electron chi connectivity index (χ2n) is 3.41. The van der Waals surface area contributed by atoms with Crippen LogP contribution in [0.15, 0.2) is 6.07 Å². The predicted molar refractivity (Wildman–Crippen MR) is 60.0 cm³/mol. The van der Waals surface area contributed by atoms with Crippen LogP contribution in [-0.4, -0.2) is 11.7 Å². The molecule has 14 heavy (non-hydrogen) atoms. The highest BCUT2D eigenvalue weighted by atomic mass is 35.5. The van der Waals surface area contributed by atoms with Gasteiger partial charge in [0.15, 0.2) is 0 Å². The standard InChI is InChI=1S/C11H16ClNO/c1-4-13-6-9-8(3)10(12)5-7(2)11(9)14/h5,13-14H,4,6H2,1-3H3. The quantitative estimate of drug-likeness (QED) is 0.810. The lowest BCUT2D eigenvalue weighted by Gasteiger charge is -2.12. The van der Waals surface area contributed by atoms with Crippen LogP contribution in [-0.2, 0) is 6.54 Å². The second-order valence-corrected chi connectivity index (χ2v) is 3.81. The van der Waals surface area contributed by atoms with Gasteiger partial charge in [-0.1, -0.05) is 18.5 Å². The van der Waals surface area contributed by atoms with Crippen LogP contribution < -0.4 is 5.32 Å². The SMILES string of the molecule is CCNCc1c(C)c(Cl)cc(C)c1O. The maximum Gasteiger partial charge on any atom is 0.123 e. The first-order valence-corrected chi connectivity index (χ1v) is 5.14. The van der Waals surface area contributed by atoms with Gasteiger partial charge in [0.2, 0.25) is 0 Å². The summed E-state index contributed by atoms with van der Waals surface area (Å²) in [6.45, 7) is 7.36. The summed E-state index contributed by atoms with van der Waals surface area (Å²) >= 11 is 6.03. The van der Waals surface area contributed by atoms with Crippen LogP contribution in [0.2, 0.25) is 5.02 Å². The summed E-state index contributed by atoms with van der Waals surface area (Å²) in [6.07, 6.45) is 0. The van der Waals surface area contributed by atoms with E-state index in [2.05, 4.69) is 5.32 Å². The van der Waals surface area contributed by atoms with Gasteiger partial charge in [-0.3, -0.25) is 0 Å². The van der Waals surface area contributed by atoms with Crippen molar-refractivity contribution in [1.82, 2.24) is 5.32 Å². The molecular weight excluding hydrogens is 198 g/mol. The first-order chi connectivity index (χ1) is 6.57. The predicted octanol–water partition coefficient (Wildman–Crippen LogP) is 2.77. The number of hydrogen-bond acceptors (Lipinski definition) is 2. The average molecular weight is 214 g/mol. The molecular formula is C11H16ClNO. The summed E-state index contributed by atoms with van der Waals surface area (Å²) in [5, 5.41) is 13.7. The van der Waals surface area contributed by atoms with E-state index in [1.165, 1.54) is 0 Å². The lowest BCUT2D eigenvalue weighted by molar-refractivity contribution is 0.460. The topological polar surface area (TPSA) is 32.3 Å². The van der Waals surface area contributed by atoms with E-state index in [1.54, 1.807) is 6.07 Å². The first kappa shape index (κ1) is 11.3. The van der Waals surface area contributed by atoms with Crippen LogP contribution in [0.1, 0.15) is 23.6 Å². The van der Waals surface area contributed by atoms with E-state index in [1.807, 2.05) is 20.8 Å². The minimum Gasteiger partial charge on any atom is -0.507 e. The Morgan fingerprint density at radius 1 is 1.43 bits per heavy atom. The third kappa shape index (κ3) is 2.20. The molecule has 0 aliphatic rings. The molecule has 0 atom stereocenters. The zero-order valence-electron chi connectivity index (χ0n) is 8.82. The van der Waals surface area contributed by atoms with Crippen molar-refractivity contribution in [1.29, 1.82) is 0 Å². The molecule has 0 heterocycles. The van der Waals surface area contributed by atoms with Gasteiger partial charge in [0.1, 0.15) is 5.75 Å². The number of nitrogens with one attached hydrogen (secondary N) is 1. The second kappa shape index (κ2) is 4.67. The number of phenols is 1. The summed E-state index contributed by atoms with van der Waals surface area (Å²) in [4.78, 5) is 0. The molecule has 1 rings (SSSR count). The van der Waals surface area contributed by atoms with Crippen LogP contribution in [0, 0.1) is 13.8 Å². The molecule has 0 saturated heterocycles. The molecule has 0 unspecified atom stereocenters. The lowest BCUT2D eigenvalue weighted by Crippen LogP contribution is -2.13. The van der Waals surface area contributed by atoms with E-state index in [-0.39, 0.29) is 0 Å². The van der Waals surface area contributed by atoms with E-state index in [4.69, 9.17) is 11.6 Å². The van der Waals surface area contributed by atoms with Crippen molar-refractivity contribution >= 4 is 11.6 Å². The number of halogens is 1. The molecule has 0 bridgehead atoms. The molecule has 3 heteroatoms. The van der Waals surface area contributed by atoms with Gasteiger partial charge in [-0.05, 0) is 37.6 Å². The molecule has 0 aromatic heterocycles. The highest BCUT2D eigenvalue weighted by Crippen LogP contribution is 2.30.